The number of benzene rings is 1. The fourth-order valence-corrected chi connectivity index (χ4v) is 2.56. The van der Waals surface area contributed by atoms with Crippen LogP contribution in [-0.4, -0.2) is 25.5 Å². The number of hydrogen-bond acceptors (Lipinski definition) is 3. The summed E-state index contributed by atoms with van der Waals surface area (Å²) in [6, 6.07) is 8.32. The van der Waals surface area contributed by atoms with Crippen molar-refractivity contribution in [1.82, 2.24) is 19.6 Å². The Morgan fingerprint density at radius 3 is 2.76 bits per heavy atom. The van der Waals surface area contributed by atoms with Crippen molar-refractivity contribution in [2.45, 2.75) is 26.4 Å². The second kappa shape index (κ2) is 7.48. The van der Waals surface area contributed by atoms with Crippen LogP contribution in [0.2, 0.25) is 5.02 Å². The highest BCUT2D eigenvalue weighted by Gasteiger charge is 2.12. The molecule has 0 spiro atoms. The number of amides is 1. The highest BCUT2D eigenvalue weighted by molar-refractivity contribution is 6.33. The molecule has 0 unspecified atom stereocenters. The van der Waals surface area contributed by atoms with Crippen molar-refractivity contribution >= 4 is 23.3 Å². The number of nitrogens with zero attached hydrogens (tertiary/aromatic N) is 4. The van der Waals surface area contributed by atoms with Crippen molar-refractivity contribution in [3.63, 3.8) is 0 Å². The third kappa shape index (κ3) is 4.45. The molecule has 1 amide bonds. The van der Waals surface area contributed by atoms with Crippen LogP contribution in [0.5, 0.6) is 0 Å². The predicted molar refractivity (Wildman–Crippen MR) is 92.9 cm³/mol. The number of carbonyl (C=O) groups is 1. The molecule has 3 aromatic rings. The van der Waals surface area contributed by atoms with Gasteiger partial charge in [0.15, 0.2) is 5.82 Å². The van der Waals surface area contributed by atoms with Gasteiger partial charge in [0.05, 0.1) is 12.2 Å². The van der Waals surface area contributed by atoms with E-state index in [-0.39, 0.29) is 30.5 Å². The van der Waals surface area contributed by atoms with Gasteiger partial charge in [0, 0.05) is 30.9 Å². The smallest absolute Gasteiger partial charge is 0.227 e. The SMILES string of the molecule is Cc1ccn(CCC(=O)Nc2nn(Cc3ccccc3F)cc2Cl)n1. The average Bonchev–Trinajstić information content (AvgIpc) is 3.14. The van der Waals surface area contributed by atoms with E-state index in [1.54, 1.807) is 29.1 Å². The van der Waals surface area contributed by atoms with E-state index in [1.165, 1.54) is 10.7 Å². The number of aromatic nitrogens is 4. The molecule has 8 heteroatoms. The van der Waals surface area contributed by atoms with E-state index in [2.05, 4.69) is 15.5 Å². The largest absolute Gasteiger partial charge is 0.308 e. The van der Waals surface area contributed by atoms with E-state index in [9.17, 15) is 9.18 Å². The lowest BCUT2D eigenvalue weighted by molar-refractivity contribution is -0.116. The van der Waals surface area contributed by atoms with Gasteiger partial charge >= 0.3 is 0 Å². The number of carbonyl (C=O) groups excluding carboxylic acids is 1. The fourth-order valence-electron chi connectivity index (χ4n) is 2.36. The van der Waals surface area contributed by atoms with E-state index >= 15 is 0 Å². The summed E-state index contributed by atoms with van der Waals surface area (Å²) in [5, 5.41) is 11.4. The third-order valence-corrected chi connectivity index (χ3v) is 3.88. The van der Waals surface area contributed by atoms with Crippen LogP contribution in [0.4, 0.5) is 10.2 Å². The van der Waals surface area contributed by atoms with Crippen LogP contribution >= 0.6 is 11.6 Å². The first-order chi connectivity index (χ1) is 12.0. The van der Waals surface area contributed by atoms with Crippen LogP contribution in [0.25, 0.3) is 0 Å². The van der Waals surface area contributed by atoms with Crippen LogP contribution in [-0.2, 0) is 17.9 Å². The van der Waals surface area contributed by atoms with E-state index in [0.717, 1.165) is 5.69 Å². The van der Waals surface area contributed by atoms with Crippen molar-refractivity contribution in [3.05, 3.63) is 64.8 Å². The standard InChI is InChI=1S/C17H17ClFN5O/c1-12-6-8-23(21-12)9-7-16(25)20-17-14(18)11-24(22-17)10-13-4-2-3-5-15(13)19/h2-6,8,11H,7,9-10H2,1H3,(H,20,22,25). The molecule has 0 atom stereocenters. The van der Waals surface area contributed by atoms with Crippen molar-refractivity contribution < 1.29 is 9.18 Å². The molecule has 0 radical (unpaired) electrons. The first kappa shape index (κ1) is 17.2. The minimum Gasteiger partial charge on any atom is -0.308 e. The van der Waals surface area contributed by atoms with E-state index in [1.807, 2.05) is 19.2 Å². The Kier molecular flexibility index (Phi) is 5.14. The maximum absolute atomic E-state index is 13.7. The molecule has 130 valence electrons. The molecule has 3 rings (SSSR count). The summed E-state index contributed by atoms with van der Waals surface area (Å²) < 4.78 is 16.9. The quantitative estimate of drug-likeness (QED) is 0.733. The van der Waals surface area contributed by atoms with Crippen molar-refractivity contribution in [2.75, 3.05) is 5.32 Å². The predicted octanol–water partition coefficient (Wildman–Crippen LogP) is 3.26. The molecule has 0 aliphatic carbocycles. The Balaban J connectivity index is 1.60. The lowest BCUT2D eigenvalue weighted by Crippen LogP contribution is -2.15. The van der Waals surface area contributed by atoms with Gasteiger partial charge in [0.1, 0.15) is 10.8 Å². The molecule has 2 heterocycles. The molecular formula is C17H17ClFN5O. The highest BCUT2D eigenvalue weighted by Crippen LogP contribution is 2.20. The number of hydrogen-bond donors (Lipinski definition) is 1. The van der Waals surface area contributed by atoms with Gasteiger partial charge in [-0.15, -0.1) is 0 Å². The maximum Gasteiger partial charge on any atom is 0.227 e. The maximum atomic E-state index is 13.7. The summed E-state index contributed by atoms with van der Waals surface area (Å²) in [5.74, 6) is -0.264. The van der Waals surface area contributed by atoms with Gasteiger partial charge in [-0.1, -0.05) is 29.8 Å². The second-order valence-electron chi connectivity index (χ2n) is 5.63. The van der Waals surface area contributed by atoms with Gasteiger partial charge in [-0.25, -0.2) is 4.39 Å². The Morgan fingerprint density at radius 1 is 1.24 bits per heavy atom. The summed E-state index contributed by atoms with van der Waals surface area (Å²) in [7, 11) is 0. The molecule has 0 saturated heterocycles. The fraction of sp³-hybridized carbons (Fsp3) is 0.235. The topological polar surface area (TPSA) is 64.7 Å². The van der Waals surface area contributed by atoms with E-state index in [0.29, 0.717) is 17.1 Å². The molecular weight excluding hydrogens is 345 g/mol. The molecule has 0 aliphatic heterocycles. The van der Waals surface area contributed by atoms with Crippen LogP contribution in [0, 0.1) is 12.7 Å². The van der Waals surface area contributed by atoms with Crippen molar-refractivity contribution in [3.8, 4) is 0 Å². The van der Waals surface area contributed by atoms with Gasteiger partial charge < -0.3 is 5.32 Å². The molecule has 2 aromatic heterocycles. The molecule has 0 fully saturated rings. The minimum absolute atomic E-state index is 0.216. The Hall–Kier alpha value is -2.67. The minimum atomic E-state index is -0.311. The zero-order valence-electron chi connectivity index (χ0n) is 13.6. The zero-order valence-corrected chi connectivity index (χ0v) is 14.4. The summed E-state index contributed by atoms with van der Waals surface area (Å²) >= 11 is 6.11. The zero-order chi connectivity index (χ0) is 17.8. The Bertz CT molecular complexity index is 889. The van der Waals surface area contributed by atoms with Gasteiger partial charge in [0.2, 0.25) is 5.91 Å². The highest BCUT2D eigenvalue weighted by atomic mass is 35.5. The number of nitrogens with one attached hydrogen (secondary N) is 1. The lowest BCUT2D eigenvalue weighted by atomic mass is 10.2. The van der Waals surface area contributed by atoms with Gasteiger partial charge in [-0.3, -0.25) is 14.2 Å². The molecule has 0 aliphatic rings. The molecule has 0 bridgehead atoms. The van der Waals surface area contributed by atoms with Crippen molar-refractivity contribution in [2.24, 2.45) is 0 Å². The lowest BCUT2D eigenvalue weighted by Gasteiger charge is -2.04. The van der Waals surface area contributed by atoms with Crippen LogP contribution < -0.4 is 5.32 Å². The van der Waals surface area contributed by atoms with Crippen LogP contribution in [0.1, 0.15) is 17.7 Å². The van der Waals surface area contributed by atoms with Crippen LogP contribution in [0.15, 0.2) is 42.7 Å². The molecule has 6 nitrogen and oxygen atoms in total. The summed E-state index contributed by atoms with van der Waals surface area (Å²) in [6.07, 6.45) is 3.62. The summed E-state index contributed by atoms with van der Waals surface area (Å²) in [6.45, 7) is 2.58. The Labute approximate surface area is 149 Å². The first-order valence-corrected chi connectivity index (χ1v) is 8.15. The third-order valence-electron chi connectivity index (χ3n) is 3.61. The molecule has 1 N–H and O–H groups in total. The van der Waals surface area contributed by atoms with Gasteiger partial charge in [-0.05, 0) is 19.1 Å². The van der Waals surface area contributed by atoms with Gasteiger partial charge in [0.25, 0.3) is 0 Å². The number of halogens is 2. The van der Waals surface area contributed by atoms with E-state index in [4.69, 9.17) is 11.6 Å². The number of aryl methyl sites for hydroxylation is 2. The monoisotopic (exact) mass is 361 g/mol. The normalized spacial score (nSPS) is 10.8. The summed E-state index contributed by atoms with van der Waals surface area (Å²) in [5.41, 5.74) is 1.39. The molecule has 0 saturated carbocycles. The van der Waals surface area contributed by atoms with Crippen molar-refractivity contribution in [1.29, 1.82) is 0 Å². The first-order valence-electron chi connectivity index (χ1n) is 7.77. The number of anilines is 1. The van der Waals surface area contributed by atoms with Crippen LogP contribution in [0.3, 0.4) is 0 Å². The molecule has 1 aromatic carbocycles. The second-order valence-corrected chi connectivity index (χ2v) is 6.04. The molecule has 25 heavy (non-hydrogen) atoms. The average molecular weight is 362 g/mol. The summed E-state index contributed by atoms with van der Waals surface area (Å²) in [4.78, 5) is 12.0. The van der Waals surface area contributed by atoms with Gasteiger partial charge in [-0.2, -0.15) is 10.2 Å². The number of rotatable bonds is 6. The Morgan fingerprint density at radius 2 is 2.04 bits per heavy atom. The van der Waals surface area contributed by atoms with E-state index < -0.39 is 0 Å².